The van der Waals surface area contributed by atoms with E-state index in [-0.39, 0.29) is 29.1 Å². The Morgan fingerprint density at radius 3 is 2.28 bits per heavy atom. The summed E-state index contributed by atoms with van der Waals surface area (Å²) in [6.45, 7) is 2.07. The maximum atomic E-state index is 13.4. The molecule has 0 spiro atoms. The summed E-state index contributed by atoms with van der Waals surface area (Å²) in [6.07, 6.45) is 0. The molecule has 1 heterocycles. The average Bonchev–Trinajstić information content (AvgIpc) is 2.74. The maximum Gasteiger partial charge on any atom is 0.387 e. The van der Waals surface area contributed by atoms with E-state index < -0.39 is 24.4 Å². The van der Waals surface area contributed by atoms with E-state index in [0.717, 1.165) is 0 Å². The first-order valence-electron chi connectivity index (χ1n) is 10.1. The first-order valence-corrected chi connectivity index (χ1v) is 10.1. The van der Waals surface area contributed by atoms with Gasteiger partial charge in [-0.15, -0.1) is 0 Å². The minimum atomic E-state index is -3.07. The predicted molar refractivity (Wildman–Crippen MR) is 116 cm³/mol. The molecule has 0 radical (unpaired) electrons. The first kappa shape index (κ1) is 23.0. The zero-order valence-corrected chi connectivity index (χ0v) is 17.9. The molecule has 2 aromatic carbocycles. The molecule has 0 aliphatic carbocycles. The lowest BCUT2D eigenvalue weighted by atomic mass is 9.79. The maximum absolute atomic E-state index is 13.4. The van der Waals surface area contributed by atoms with Gasteiger partial charge in [0.1, 0.15) is 5.75 Å². The van der Waals surface area contributed by atoms with Gasteiger partial charge in [-0.05, 0) is 39.0 Å². The molecule has 0 bridgehead atoms. The topological polar surface area (TPSA) is 76.7 Å². The summed E-state index contributed by atoms with van der Waals surface area (Å²) in [7, 11) is 0. The molecule has 1 aliphatic rings. The first-order chi connectivity index (χ1) is 15.3. The Kier molecular flexibility index (Phi) is 7.25. The Bertz CT molecular complexity index is 1060. The molecule has 0 fully saturated rings. The number of ether oxygens (including phenoxy) is 2. The number of hydrogen-bond donors (Lipinski definition) is 2. The zero-order chi connectivity index (χ0) is 23.3. The smallest absolute Gasteiger partial charge is 0.387 e. The summed E-state index contributed by atoms with van der Waals surface area (Å²) in [5.74, 6) is -2.23. The van der Waals surface area contributed by atoms with Crippen molar-refractivity contribution in [3.8, 4) is 5.75 Å². The van der Waals surface area contributed by atoms with Crippen LogP contribution in [0.1, 0.15) is 32.3 Å². The van der Waals surface area contributed by atoms with Crippen LogP contribution in [0.25, 0.3) is 0 Å². The van der Waals surface area contributed by atoms with Gasteiger partial charge in [0.15, 0.2) is 0 Å². The molecule has 1 aliphatic heterocycles. The molecule has 1 amide bonds. The van der Waals surface area contributed by atoms with Crippen LogP contribution in [0.15, 0.2) is 77.1 Å². The molecular weight excluding hydrogens is 418 g/mol. The van der Waals surface area contributed by atoms with Crippen molar-refractivity contribution in [1.82, 2.24) is 5.32 Å². The van der Waals surface area contributed by atoms with Gasteiger partial charge in [0.05, 0.1) is 18.1 Å². The predicted octanol–water partition coefficient (Wildman–Crippen LogP) is 4.72. The van der Waals surface area contributed by atoms with Crippen molar-refractivity contribution in [2.75, 3.05) is 11.9 Å². The van der Waals surface area contributed by atoms with Gasteiger partial charge in [-0.25, -0.2) is 4.79 Å². The molecule has 1 unspecified atom stereocenters. The number of carbonyl (C=O) groups is 2. The Morgan fingerprint density at radius 2 is 1.62 bits per heavy atom. The van der Waals surface area contributed by atoms with Gasteiger partial charge >= 0.3 is 12.6 Å². The van der Waals surface area contributed by atoms with Crippen LogP contribution in [0.2, 0.25) is 0 Å². The normalized spacial score (nSPS) is 16.0. The molecule has 8 heteroatoms. The number of hydrogen-bond acceptors (Lipinski definition) is 5. The number of dihydropyridines is 1. The van der Waals surface area contributed by atoms with Crippen molar-refractivity contribution in [1.29, 1.82) is 0 Å². The summed E-state index contributed by atoms with van der Waals surface area (Å²) >= 11 is 0. The highest BCUT2D eigenvalue weighted by Gasteiger charge is 2.38. The van der Waals surface area contributed by atoms with E-state index in [4.69, 9.17) is 9.47 Å². The Hall–Kier alpha value is -3.68. The molecule has 2 N–H and O–H groups in total. The number of esters is 1. The minimum Gasteiger partial charge on any atom is -0.463 e. The Balaban J connectivity index is 2.15. The van der Waals surface area contributed by atoms with Crippen molar-refractivity contribution in [3.05, 3.63) is 82.7 Å². The van der Waals surface area contributed by atoms with E-state index in [0.29, 0.717) is 17.1 Å². The number of amides is 1. The van der Waals surface area contributed by atoms with Crippen molar-refractivity contribution >= 4 is 17.6 Å². The van der Waals surface area contributed by atoms with E-state index in [1.807, 2.05) is 6.07 Å². The third-order valence-corrected chi connectivity index (χ3v) is 4.98. The summed E-state index contributed by atoms with van der Waals surface area (Å²) in [5.41, 5.74) is 2.12. The van der Waals surface area contributed by atoms with E-state index in [1.54, 1.807) is 63.2 Å². The Morgan fingerprint density at radius 1 is 1.00 bits per heavy atom. The van der Waals surface area contributed by atoms with Crippen LogP contribution in [0, 0.1) is 0 Å². The van der Waals surface area contributed by atoms with Crippen molar-refractivity contribution in [2.24, 2.45) is 0 Å². The molecule has 2 aromatic rings. The number of anilines is 1. The van der Waals surface area contributed by atoms with Crippen LogP contribution in [0.5, 0.6) is 5.75 Å². The molecular formula is C24H24F2N2O4. The van der Waals surface area contributed by atoms with E-state index in [2.05, 4.69) is 10.6 Å². The zero-order valence-electron chi connectivity index (χ0n) is 17.9. The van der Waals surface area contributed by atoms with Crippen LogP contribution in [-0.4, -0.2) is 25.1 Å². The van der Waals surface area contributed by atoms with Crippen LogP contribution in [-0.2, 0) is 14.3 Å². The SMILES string of the molecule is CCOC(=O)C1=C(C)NC(C)=C(C(=O)Nc2ccccc2)C1c1ccccc1OC(F)F. The van der Waals surface area contributed by atoms with Gasteiger partial charge in [0, 0.05) is 28.2 Å². The molecule has 0 saturated carbocycles. The number of nitrogens with one attached hydrogen (secondary N) is 2. The van der Waals surface area contributed by atoms with Gasteiger partial charge in [0.25, 0.3) is 5.91 Å². The second kappa shape index (κ2) is 10.1. The largest absolute Gasteiger partial charge is 0.463 e. The van der Waals surface area contributed by atoms with Gasteiger partial charge in [-0.1, -0.05) is 36.4 Å². The van der Waals surface area contributed by atoms with Crippen LogP contribution < -0.4 is 15.4 Å². The number of carbonyl (C=O) groups excluding carboxylic acids is 2. The van der Waals surface area contributed by atoms with E-state index in [1.165, 1.54) is 6.07 Å². The molecule has 0 aromatic heterocycles. The summed E-state index contributed by atoms with van der Waals surface area (Å²) < 4.78 is 36.2. The molecule has 168 valence electrons. The van der Waals surface area contributed by atoms with Gasteiger partial charge in [0.2, 0.25) is 0 Å². The lowest BCUT2D eigenvalue weighted by molar-refractivity contribution is -0.138. The van der Waals surface area contributed by atoms with Crippen LogP contribution in [0.3, 0.4) is 0 Å². The lowest BCUT2D eigenvalue weighted by Crippen LogP contribution is -2.34. The van der Waals surface area contributed by atoms with Crippen molar-refractivity contribution < 1.29 is 27.8 Å². The number of para-hydroxylation sites is 2. The fraction of sp³-hybridized carbons (Fsp3) is 0.250. The fourth-order valence-corrected chi connectivity index (χ4v) is 3.73. The van der Waals surface area contributed by atoms with Crippen molar-refractivity contribution in [3.63, 3.8) is 0 Å². The quantitative estimate of drug-likeness (QED) is 0.607. The molecule has 1 atom stereocenters. The third kappa shape index (κ3) is 4.96. The standard InChI is InChI=1S/C24H24F2N2O4/c1-4-31-23(30)20-15(3)27-14(2)19(22(29)28-16-10-6-5-7-11-16)21(20)17-12-8-9-13-18(17)32-24(25)26/h5-13,21,24,27H,4H2,1-3H3,(H,28,29). The average molecular weight is 442 g/mol. The van der Waals surface area contributed by atoms with E-state index >= 15 is 0 Å². The summed E-state index contributed by atoms with van der Waals surface area (Å²) in [6, 6.07) is 14.9. The third-order valence-electron chi connectivity index (χ3n) is 4.98. The number of allylic oxidation sites excluding steroid dienone is 2. The monoisotopic (exact) mass is 442 g/mol. The second-order valence-electron chi connectivity index (χ2n) is 7.09. The van der Waals surface area contributed by atoms with Gasteiger partial charge in [-0.3, -0.25) is 4.79 Å². The highest BCUT2D eigenvalue weighted by molar-refractivity contribution is 6.08. The van der Waals surface area contributed by atoms with Crippen LogP contribution >= 0.6 is 0 Å². The molecule has 32 heavy (non-hydrogen) atoms. The fourth-order valence-electron chi connectivity index (χ4n) is 3.73. The minimum absolute atomic E-state index is 0.117. The summed E-state index contributed by atoms with van der Waals surface area (Å²) in [5, 5.41) is 5.86. The number of alkyl halides is 2. The summed E-state index contributed by atoms with van der Waals surface area (Å²) in [4.78, 5) is 26.3. The van der Waals surface area contributed by atoms with Gasteiger partial charge in [-0.2, -0.15) is 8.78 Å². The second-order valence-corrected chi connectivity index (χ2v) is 7.09. The number of benzene rings is 2. The lowest BCUT2D eigenvalue weighted by Gasteiger charge is -2.31. The van der Waals surface area contributed by atoms with Crippen molar-refractivity contribution in [2.45, 2.75) is 33.3 Å². The molecule has 3 rings (SSSR count). The number of halogens is 2. The highest BCUT2D eigenvalue weighted by Crippen LogP contribution is 2.43. The highest BCUT2D eigenvalue weighted by atomic mass is 19.3. The molecule has 6 nitrogen and oxygen atoms in total. The molecule has 0 saturated heterocycles. The van der Waals surface area contributed by atoms with Crippen LogP contribution in [0.4, 0.5) is 14.5 Å². The Labute approximate surface area is 184 Å². The number of rotatable bonds is 7. The van der Waals surface area contributed by atoms with E-state index in [9.17, 15) is 18.4 Å². The van der Waals surface area contributed by atoms with Gasteiger partial charge < -0.3 is 20.1 Å².